The first-order chi connectivity index (χ1) is 9.58. The van der Waals surface area contributed by atoms with Gasteiger partial charge in [-0.15, -0.1) is 11.3 Å². The minimum Gasteiger partial charge on any atom is -0.396 e. The van der Waals surface area contributed by atoms with Crippen LogP contribution >= 0.6 is 11.3 Å². The summed E-state index contributed by atoms with van der Waals surface area (Å²) < 4.78 is 0. The van der Waals surface area contributed by atoms with Gasteiger partial charge in [-0.25, -0.2) is 0 Å². The zero-order valence-electron chi connectivity index (χ0n) is 11.8. The smallest absolute Gasteiger partial charge is 0.0794 e. The molecule has 0 unspecified atom stereocenters. The third-order valence-electron chi connectivity index (χ3n) is 3.34. The lowest BCUT2D eigenvalue weighted by Crippen LogP contribution is -2.38. The zero-order chi connectivity index (χ0) is 14.6. The lowest BCUT2D eigenvalue weighted by Gasteiger charge is -2.30. The van der Waals surface area contributed by atoms with Gasteiger partial charge in [0.05, 0.1) is 30.0 Å². The molecule has 0 bridgehead atoms. The van der Waals surface area contributed by atoms with Gasteiger partial charge in [-0.1, -0.05) is 13.0 Å². The van der Waals surface area contributed by atoms with Crippen LogP contribution in [0.3, 0.4) is 0 Å². The van der Waals surface area contributed by atoms with Crippen molar-refractivity contribution >= 4 is 11.3 Å². The molecule has 0 fully saturated rings. The Morgan fingerprint density at radius 3 is 2.75 bits per heavy atom. The summed E-state index contributed by atoms with van der Waals surface area (Å²) in [6.45, 7) is 3.15. The molecule has 0 saturated carbocycles. The topological polar surface area (TPSA) is 72.4 Å². The van der Waals surface area contributed by atoms with E-state index in [4.69, 9.17) is 0 Å². The minimum absolute atomic E-state index is 0.0307. The number of nitrogens with zero attached hydrogens (tertiary/aromatic N) is 2. The molecule has 0 amide bonds. The highest BCUT2D eigenvalue weighted by molar-refractivity contribution is 7.13. The van der Waals surface area contributed by atoms with Crippen LogP contribution in [0.1, 0.15) is 12.5 Å². The van der Waals surface area contributed by atoms with E-state index < -0.39 is 5.41 Å². The molecule has 0 aliphatic carbocycles. The van der Waals surface area contributed by atoms with E-state index in [1.807, 2.05) is 31.6 Å². The summed E-state index contributed by atoms with van der Waals surface area (Å²) in [5, 5.41) is 27.9. The summed E-state index contributed by atoms with van der Waals surface area (Å²) in [5.74, 6) is 0. The van der Waals surface area contributed by atoms with Crippen molar-refractivity contribution in [2.24, 2.45) is 5.41 Å². The molecule has 0 atom stereocenters. The first-order valence-corrected chi connectivity index (χ1v) is 7.42. The summed E-state index contributed by atoms with van der Waals surface area (Å²) in [7, 11) is 1.98. The fraction of sp³-hybridized carbons (Fsp3) is 0.500. The van der Waals surface area contributed by atoms with E-state index in [0.29, 0.717) is 6.54 Å². The van der Waals surface area contributed by atoms with Crippen molar-refractivity contribution in [2.45, 2.75) is 13.5 Å². The molecule has 0 aliphatic rings. The van der Waals surface area contributed by atoms with Gasteiger partial charge in [0.25, 0.3) is 0 Å². The highest BCUT2D eigenvalue weighted by atomic mass is 32.1. The van der Waals surface area contributed by atoms with Gasteiger partial charge in [-0.3, -0.25) is 5.10 Å². The molecule has 2 rings (SSSR count). The molecule has 5 nitrogen and oxygen atoms in total. The van der Waals surface area contributed by atoms with E-state index >= 15 is 0 Å². The van der Waals surface area contributed by atoms with Crippen LogP contribution in [0.15, 0.2) is 23.7 Å². The first kappa shape index (κ1) is 15.2. The number of thiophene rings is 1. The average Bonchev–Trinajstić information content (AvgIpc) is 3.08. The molecule has 110 valence electrons. The number of rotatable bonds is 7. The summed E-state index contributed by atoms with van der Waals surface area (Å²) in [5.41, 5.74) is 1.68. The van der Waals surface area contributed by atoms with Crippen LogP contribution < -0.4 is 0 Å². The Morgan fingerprint density at radius 2 is 2.15 bits per heavy atom. The van der Waals surface area contributed by atoms with Gasteiger partial charge in [0, 0.05) is 24.1 Å². The fourth-order valence-corrected chi connectivity index (χ4v) is 2.97. The van der Waals surface area contributed by atoms with E-state index in [2.05, 4.69) is 21.2 Å². The maximum Gasteiger partial charge on any atom is 0.0794 e. The summed E-state index contributed by atoms with van der Waals surface area (Å²) >= 11 is 1.67. The molecular weight excluding hydrogens is 274 g/mol. The lowest BCUT2D eigenvalue weighted by atomic mass is 9.92. The Kier molecular flexibility index (Phi) is 4.93. The van der Waals surface area contributed by atoms with Gasteiger partial charge in [-0.05, 0) is 18.5 Å². The molecule has 0 radical (unpaired) electrons. The molecular formula is C14H21N3O2S. The van der Waals surface area contributed by atoms with E-state index in [1.54, 1.807) is 11.3 Å². The zero-order valence-corrected chi connectivity index (χ0v) is 12.7. The van der Waals surface area contributed by atoms with Crippen molar-refractivity contribution in [3.05, 3.63) is 29.3 Å². The summed E-state index contributed by atoms with van der Waals surface area (Å²) in [4.78, 5) is 3.26. The molecule has 3 N–H and O–H groups in total. The van der Waals surface area contributed by atoms with Crippen molar-refractivity contribution in [3.8, 4) is 10.6 Å². The highest BCUT2D eigenvalue weighted by Gasteiger charge is 2.24. The molecule has 0 spiro atoms. The van der Waals surface area contributed by atoms with Crippen molar-refractivity contribution < 1.29 is 10.2 Å². The number of H-pyrrole nitrogens is 1. The van der Waals surface area contributed by atoms with Gasteiger partial charge in [0.2, 0.25) is 0 Å². The third-order valence-corrected chi connectivity index (χ3v) is 4.23. The number of aliphatic hydroxyl groups excluding tert-OH is 2. The second-order valence-corrected chi connectivity index (χ2v) is 6.49. The second-order valence-electron chi connectivity index (χ2n) is 5.55. The molecule has 2 aromatic rings. The van der Waals surface area contributed by atoms with Crippen molar-refractivity contribution in [2.75, 3.05) is 26.8 Å². The molecule has 0 aliphatic heterocycles. The number of hydrogen-bond donors (Lipinski definition) is 3. The third kappa shape index (κ3) is 3.46. The van der Waals surface area contributed by atoms with E-state index in [0.717, 1.165) is 22.7 Å². The van der Waals surface area contributed by atoms with Gasteiger partial charge in [0.15, 0.2) is 0 Å². The first-order valence-electron chi connectivity index (χ1n) is 6.54. The quantitative estimate of drug-likeness (QED) is 0.725. The maximum atomic E-state index is 9.36. The molecule has 2 aromatic heterocycles. The van der Waals surface area contributed by atoms with Crippen molar-refractivity contribution in [1.82, 2.24) is 15.1 Å². The van der Waals surface area contributed by atoms with E-state index in [-0.39, 0.29) is 13.2 Å². The number of nitrogens with one attached hydrogen (secondary N) is 1. The largest absolute Gasteiger partial charge is 0.396 e. The van der Waals surface area contributed by atoms with Crippen LogP contribution in [0.4, 0.5) is 0 Å². The molecule has 6 heteroatoms. The number of hydrogen-bond acceptors (Lipinski definition) is 5. The Morgan fingerprint density at radius 1 is 1.40 bits per heavy atom. The van der Waals surface area contributed by atoms with E-state index in [9.17, 15) is 10.2 Å². The minimum atomic E-state index is -0.485. The Bertz CT molecular complexity index is 520. The lowest BCUT2D eigenvalue weighted by molar-refractivity contribution is 0.0402. The highest BCUT2D eigenvalue weighted by Crippen LogP contribution is 2.27. The van der Waals surface area contributed by atoms with Crippen LogP contribution in [0.5, 0.6) is 0 Å². The standard InChI is InChI=1S/C14H21N3O2S/c1-14(9-18,10-19)8-17(2)7-11-6-15-16-13(11)12-4-3-5-20-12/h3-6,18-19H,7-10H2,1-2H3,(H,15,16). The predicted octanol–water partition coefficient (Wildman–Crippen LogP) is 1.56. The molecule has 20 heavy (non-hydrogen) atoms. The van der Waals surface area contributed by atoms with Crippen LogP contribution in [0, 0.1) is 5.41 Å². The fourth-order valence-electron chi connectivity index (χ4n) is 2.21. The van der Waals surface area contributed by atoms with Crippen LogP contribution in [0.2, 0.25) is 0 Å². The SMILES string of the molecule is CN(Cc1cn[nH]c1-c1cccs1)CC(C)(CO)CO. The van der Waals surface area contributed by atoms with Gasteiger partial charge in [0.1, 0.15) is 0 Å². The maximum absolute atomic E-state index is 9.36. The average molecular weight is 295 g/mol. The predicted molar refractivity (Wildman–Crippen MR) is 80.5 cm³/mol. The van der Waals surface area contributed by atoms with Crippen LogP contribution in [-0.4, -0.2) is 52.1 Å². The van der Waals surface area contributed by atoms with Gasteiger partial charge in [-0.2, -0.15) is 5.10 Å². The van der Waals surface area contributed by atoms with Crippen LogP contribution in [-0.2, 0) is 6.54 Å². The second kappa shape index (κ2) is 6.49. The monoisotopic (exact) mass is 295 g/mol. The summed E-state index contributed by atoms with van der Waals surface area (Å²) in [6, 6.07) is 4.08. The van der Waals surface area contributed by atoms with Gasteiger partial charge < -0.3 is 15.1 Å². The number of aromatic nitrogens is 2. The van der Waals surface area contributed by atoms with Crippen LogP contribution in [0.25, 0.3) is 10.6 Å². The normalized spacial score (nSPS) is 12.2. The van der Waals surface area contributed by atoms with Crippen molar-refractivity contribution in [1.29, 1.82) is 0 Å². The summed E-state index contributed by atoms with van der Waals surface area (Å²) in [6.07, 6.45) is 1.83. The number of aromatic amines is 1. The Balaban J connectivity index is 2.06. The van der Waals surface area contributed by atoms with Gasteiger partial charge >= 0.3 is 0 Å². The van der Waals surface area contributed by atoms with E-state index in [1.165, 1.54) is 0 Å². The molecule has 0 saturated heterocycles. The Hall–Kier alpha value is -1.21. The molecule has 0 aromatic carbocycles. The number of aliphatic hydroxyl groups is 2. The van der Waals surface area contributed by atoms with Crippen molar-refractivity contribution in [3.63, 3.8) is 0 Å². The Labute approximate surface area is 122 Å². The molecule has 2 heterocycles.